The average molecular weight is 1380 g/mol. The molecule has 4 aliphatic heterocycles. The number of methoxy groups -OCH3 is 1. The Hall–Kier alpha value is -7.45. The molecule has 0 unspecified atom stereocenters. The van der Waals surface area contributed by atoms with Gasteiger partial charge in [0.25, 0.3) is 0 Å². The summed E-state index contributed by atoms with van der Waals surface area (Å²) < 4.78 is 47.3. The predicted molar refractivity (Wildman–Crippen MR) is 313 cm³/mol. The van der Waals surface area contributed by atoms with Crippen molar-refractivity contribution in [2.24, 2.45) is 0 Å². The molecule has 36 heteroatoms. The van der Waals surface area contributed by atoms with Gasteiger partial charge in [-0.3, -0.25) is 0 Å². The predicted octanol–water partition coefficient (Wildman–Crippen LogP) is -5.85. The number of carbonyl (C=O) groups is 5. The summed E-state index contributed by atoms with van der Waals surface area (Å²) in [5.41, 5.74) is 2.24. The molecule has 534 valence electrons. The molecule has 36 nitrogen and oxygen atoms in total. The summed E-state index contributed by atoms with van der Waals surface area (Å²) >= 11 is 0. The Balaban J connectivity index is 0.000000232. The van der Waals surface area contributed by atoms with Gasteiger partial charge >= 0.3 is 29.8 Å². The van der Waals surface area contributed by atoms with Crippen molar-refractivity contribution in [2.45, 2.75) is 170 Å². The van der Waals surface area contributed by atoms with E-state index in [1.54, 1.807) is 20.8 Å². The summed E-state index contributed by atoms with van der Waals surface area (Å²) in [5.74, 6) is -5.15. The third-order valence-electron chi connectivity index (χ3n) is 15.2. The molecule has 0 aliphatic carbocycles. The van der Waals surface area contributed by atoms with E-state index in [0.29, 0.717) is 16.7 Å². The van der Waals surface area contributed by atoms with Crippen LogP contribution in [0, 0.1) is 27.7 Å². The van der Waals surface area contributed by atoms with Gasteiger partial charge in [-0.15, -0.1) is 0 Å². The quantitative estimate of drug-likeness (QED) is 0.0389. The Labute approximate surface area is 543 Å². The van der Waals surface area contributed by atoms with Gasteiger partial charge in [-0.25, -0.2) is 24.0 Å². The van der Waals surface area contributed by atoms with E-state index in [9.17, 15) is 106 Å². The van der Waals surface area contributed by atoms with Gasteiger partial charge in [-0.1, -0.05) is 0 Å². The zero-order valence-corrected chi connectivity index (χ0v) is 51.5. The fourth-order valence-electron chi connectivity index (χ4n) is 9.91. The lowest BCUT2D eigenvalue weighted by molar-refractivity contribution is -0.277. The SMILES string of the molecule is COC(=O)c1cc(C)c(O[C@@H]2O[C@H](CO)[C@@H](O)[C@H](O)[C@H]2O)c(CO)c1.Cc1cc(C(=O)O)cc(CO)c1O[C@@H]1O[C@H](C(=O)O)[C@@H](O)[C@H](O)[C@H]1O.Cc1cc(C(=O)O)cc(CO)c1O[C@@H]1O[C@H](CO)[C@@H](O)[C@H](O)[C@H]1O.Cc1cc(C(=O)O)ccc1O[C@@H]1O[C@H](CO)[C@@H](O)[C@H](O)[C@H]1O. The van der Waals surface area contributed by atoms with Crippen molar-refractivity contribution in [3.05, 3.63) is 116 Å². The van der Waals surface area contributed by atoms with Gasteiger partial charge in [0, 0.05) is 16.7 Å². The maximum atomic E-state index is 11.7. The standard InChI is InChI=1S/C16H22O9.C15H18O10.C15H20O9.C14H18O8/c1-7-3-8(15(22)23-2)4-9(5-17)14(7)25-16-13(21)12(20)11(19)10(6-18)24-16;1-5-2-6(13(20)21)3-7(4-16)11(5)24-15-10(19)8(17)9(18)12(25-15)14(22)23;1-6-2-7(14(21)22)3-8(4-16)13(6)24-15-12(20)11(19)10(18)9(5-17)23-15;1-6-4-7(13(19)20)2-3-8(6)21-14-12(18)11(17)10(16)9(5-15)22-14/h3-4,10-13,16-21H,5-6H2,1-2H3;2-3,8-10,12,15-19H,4H2,1H3,(H,20,21)(H,22,23);2-3,9-12,15-20H,4-5H2,1H3,(H,21,22);2-4,9-12,14-18H,5H2,1H3,(H,19,20)/t10-,11-,12+,13-,16+;8-,9-,10+,12-,15+;9-,10-,11+,12-,15+;9-,10-,11+,12-,14-/m1011/s1. The van der Waals surface area contributed by atoms with Crippen LogP contribution in [0.25, 0.3) is 0 Å². The van der Waals surface area contributed by atoms with Crippen molar-refractivity contribution in [1.29, 1.82) is 0 Å². The van der Waals surface area contributed by atoms with Crippen LogP contribution >= 0.6 is 0 Å². The summed E-state index contributed by atoms with van der Waals surface area (Å²) in [4.78, 5) is 55.7. The van der Waals surface area contributed by atoms with Crippen LogP contribution in [0.15, 0.2) is 54.6 Å². The van der Waals surface area contributed by atoms with E-state index >= 15 is 0 Å². The molecule has 0 spiro atoms. The van der Waals surface area contributed by atoms with Crippen LogP contribution in [0.3, 0.4) is 0 Å². The van der Waals surface area contributed by atoms with Crippen LogP contribution < -0.4 is 18.9 Å². The number of rotatable bonds is 19. The highest BCUT2D eigenvalue weighted by Crippen LogP contribution is 2.35. The number of aliphatic hydroxyl groups excluding tert-OH is 18. The van der Waals surface area contributed by atoms with Gasteiger partial charge in [-0.05, 0) is 105 Å². The minimum absolute atomic E-state index is 0.0238. The number of aryl methyl sites for hydroxylation is 4. The van der Waals surface area contributed by atoms with E-state index in [4.69, 9.17) is 68.5 Å². The van der Waals surface area contributed by atoms with Gasteiger partial charge in [0.05, 0.1) is 69.0 Å². The number of carbonyl (C=O) groups excluding carboxylic acids is 1. The van der Waals surface area contributed by atoms with Crippen LogP contribution in [-0.4, -0.2) is 292 Å². The molecule has 8 rings (SSSR count). The monoisotopic (exact) mass is 1370 g/mol. The Bertz CT molecular complexity index is 3280. The zero-order valence-electron chi connectivity index (χ0n) is 51.5. The smallest absolute Gasteiger partial charge is 0.337 e. The second kappa shape index (κ2) is 35.2. The number of benzene rings is 4. The lowest BCUT2D eigenvalue weighted by Crippen LogP contribution is -2.61. The molecule has 96 heavy (non-hydrogen) atoms. The number of aliphatic hydroxyl groups is 18. The number of aliphatic carboxylic acids is 1. The van der Waals surface area contributed by atoms with Gasteiger partial charge in [-0.2, -0.15) is 0 Å². The Morgan fingerprint density at radius 1 is 0.365 bits per heavy atom. The zero-order chi connectivity index (χ0) is 72.1. The number of aromatic carboxylic acids is 3. The first-order valence-electron chi connectivity index (χ1n) is 28.8. The molecule has 4 aromatic rings. The minimum Gasteiger partial charge on any atom is -0.479 e. The molecule has 4 fully saturated rings. The highest BCUT2D eigenvalue weighted by Gasteiger charge is 2.50. The first-order valence-corrected chi connectivity index (χ1v) is 28.8. The molecule has 0 radical (unpaired) electrons. The summed E-state index contributed by atoms with van der Waals surface area (Å²) in [7, 11) is 1.23. The van der Waals surface area contributed by atoms with Crippen molar-refractivity contribution in [2.75, 3.05) is 26.9 Å². The molecule has 20 atom stereocenters. The maximum Gasteiger partial charge on any atom is 0.337 e. The lowest BCUT2D eigenvalue weighted by atomic mass is 9.98. The molecule has 0 bridgehead atoms. The molecule has 0 amide bonds. The fourth-order valence-corrected chi connectivity index (χ4v) is 9.91. The fraction of sp³-hybridized carbons (Fsp3) is 0.517. The van der Waals surface area contributed by atoms with E-state index in [2.05, 4.69) is 4.74 Å². The van der Waals surface area contributed by atoms with Gasteiger partial charge in [0.15, 0.2) is 6.10 Å². The topological polar surface area (TPSA) is 613 Å². The average Bonchev–Trinajstić information content (AvgIpc) is 0.811. The number of hydrogen-bond acceptors (Lipinski definition) is 32. The molecule has 0 aromatic heterocycles. The van der Waals surface area contributed by atoms with E-state index in [1.807, 2.05) is 0 Å². The van der Waals surface area contributed by atoms with Crippen LogP contribution in [0.4, 0.5) is 0 Å². The second-order valence-corrected chi connectivity index (χ2v) is 22.0. The number of carboxylic acids is 4. The summed E-state index contributed by atoms with van der Waals surface area (Å²) in [6.45, 7) is 2.95. The number of esters is 1. The first kappa shape index (κ1) is 79.2. The molecule has 4 heterocycles. The molecular weight excluding hydrogens is 1300 g/mol. The Morgan fingerprint density at radius 3 is 0.969 bits per heavy atom. The van der Waals surface area contributed by atoms with Gasteiger partial charge in [0.1, 0.15) is 115 Å². The van der Waals surface area contributed by atoms with Crippen LogP contribution in [-0.2, 0) is 48.3 Å². The Morgan fingerprint density at radius 2 is 0.667 bits per heavy atom. The van der Waals surface area contributed by atoms with Crippen molar-refractivity contribution >= 4 is 29.8 Å². The molecule has 0 saturated carbocycles. The van der Waals surface area contributed by atoms with Crippen LogP contribution in [0.2, 0.25) is 0 Å². The highest BCUT2D eigenvalue weighted by atomic mass is 16.7. The van der Waals surface area contributed by atoms with Crippen molar-refractivity contribution in [3.8, 4) is 23.0 Å². The normalized spacial score (nSPS) is 30.1. The number of hydrogen-bond donors (Lipinski definition) is 22. The van der Waals surface area contributed by atoms with E-state index < -0.39 is 192 Å². The highest BCUT2D eigenvalue weighted by molar-refractivity contribution is 5.91. The third-order valence-corrected chi connectivity index (χ3v) is 15.2. The Kier molecular flexibility index (Phi) is 29.0. The van der Waals surface area contributed by atoms with E-state index in [1.165, 1.54) is 62.6 Å². The summed E-state index contributed by atoms with van der Waals surface area (Å²) in [6.07, 6.45) is -30.3. The van der Waals surface area contributed by atoms with Gasteiger partial charge < -0.3 is 155 Å². The van der Waals surface area contributed by atoms with E-state index in [0.717, 1.165) is 6.07 Å². The maximum absolute atomic E-state index is 11.7. The lowest BCUT2D eigenvalue weighted by Gasteiger charge is -2.40. The van der Waals surface area contributed by atoms with E-state index in [-0.39, 0.29) is 67.5 Å². The largest absolute Gasteiger partial charge is 0.479 e. The molecule has 22 N–H and O–H groups in total. The summed E-state index contributed by atoms with van der Waals surface area (Å²) in [5, 5.41) is 210. The molecular formula is C60H78O36. The first-order chi connectivity index (χ1) is 45.1. The minimum atomic E-state index is -1.86. The van der Waals surface area contributed by atoms with Gasteiger partial charge in [0.2, 0.25) is 25.2 Å². The number of carboxylic acid groups (broad SMARTS) is 4. The molecule has 4 saturated heterocycles. The summed E-state index contributed by atoms with van der Waals surface area (Å²) in [6, 6.07) is 11.9. The third kappa shape index (κ3) is 18.8. The molecule has 4 aliphatic rings. The van der Waals surface area contributed by atoms with Crippen molar-refractivity contribution in [3.63, 3.8) is 0 Å². The van der Waals surface area contributed by atoms with Crippen molar-refractivity contribution in [1.82, 2.24) is 0 Å². The molecule has 4 aromatic carbocycles. The van der Waals surface area contributed by atoms with Crippen molar-refractivity contribution < 1.29 is 179 Å². The number of ether oxygens (including phenoxy) is 9. The second-order valence-electron chi connectivity index (χ2n) is 22.0. The van der Waals surface area contributed by atoms with Crippen LogP contribution in [0.5, 0.6) is 23.0 Å². The van der Waals surface area contributed by atoms with Crippen LogP contribution in [0.1, 0.15) is 80.4 Å².